The minimum atomic E-state index is 0. The van der Waals surface area contributed by atoms with Gasteiger partial charge in [-0.3, -0.25) is 0 Å². The third-order valence-corrected chi connectivity index (χ3v) is 5.63. The highest BCUT2D eigenvalue weighted by molar-refractivity contribution is 6.32. The van der Waals surface area contributed by atoms with E-state index >= 15 is 0 Å². The van der Waals surface area contributed by atoms with Gasteiger partial charge < -0.3 is 25.1 Å². The number of ether oxygens (including phenoxy) is 2. The summed E-state index contributed by atoms with van der Waals surface area (Å²) in [5.41, 5.74) is 8.28. The molecule has 0 spiro atoms. The Morgan fingerprint density at radius 1 is 1.06 bits per heavy atom. The summed E-state index contributed by atoms with van der Waals surface area (Å²) in [6, 6.07) is 15.1. The zero-order valence-electron chi connectivity index (χ0n) is 18.3. The number of anilines is 2. The lowest BCUT2D eigenvalue weighted by molar-refractivity contribution is 0.298. The molecule has 1 aliphatic rings. The lowest BCUT2D eigenvalue weighted by atomic mass is 10.2. The molecule has 0 aliphatic heterocycles. The number of fused-ring (bicyclic) bond motifs is 1. The van der Waals surface area contributed by atoms with Crippen molar-refractivity contribution in [1.82, 2.24) is 14.5 Å². The molecule has 5 rings (SSSR count). The first-order valence-corrected chi connectivity index (χ1v) is 11.0. The fraction of sp³-hybridized carbons (Fsp3) is 0.250. The molecule has 3 N–H and O–H groups in total. The van der Waals surface area contributed by atoms with Crippen molar-refractivity contribution in [3.05, 3.63) is 66.1 Å². The van der Waals surface area contributed by atoms with Gasteiger partial charge in [-0.05, 0) is 55.2 Å². The predicted molar refractivity (Wildman–Crippen MR) is 141 cm³/mol. The molecule has 1 fully saturated rings. The molecule has 2 heterocycles. The van der Waals surface area contributed by atoms with Crippen molar-refractivity contribution in [3.8, 4) is 17.2 Å². The first-order valence-electron chi connectivity index (χ1n) is 10.7. The van der Waals surface area contributed by atoms with E-state index in [0.29, 0.717) is 41.3 Å². The molecule has 34 heavy (non-hydrogen) atoms. The van der Waals surface area contributed by atoms with Gasteiger partial charge in [-0.25, -0.2) is 9.97 Å². The van der Waals surface area contributed by atoms with E-state index in [1.165, 1.54) is 19.2 Å². The Morgan fingerprint density at radius 2 is 1.88 bits per heavy atom. The largest absolute Gasteiger partial charge is 0.493 e. The van der Waals surface area contributed by atoms with E-state index in [2.05, 4.69) is 15.3 Å². The Balaban J connectivity index is 0.00000162. The molecule has 7 nitrogen and oxygen atoms in total. The van der Waals surface area contributed by atoms with Crippen molar-refractivity contribution < 1.29 is 9.47 Å². The van der Waals surface area contributed by atoms with E-state index < -0.39 is 0 Å². The zero-order valence-corrected chi connectivity index (χ0v) is 20.7. The van der Waals surface area contributed by atoms with E-state index in [9.17, 15) is 0 Å². The highest BCUT2D eigenvalue weighted by atomic mass is 35.5. The summed E-state index contributed by atoms with van der Waals surface area (Å²) in [5.74, 6) is 3.44. The molecule has 0 saturated heterocycles. The number of hydrogen-bond donors (Lipinski definition) is 2. The third kappa shape index (κ3) is 6.04. The molecule has 2 aromatic heterocycles. The highest BCUT2D eigenvalue weighted by Crippen LogP contribution is 2.35. The van der Waals surface area contributed by atoms with Crippen molar-refractivity contribution in [1.29, 1.82) is 0 Å². The molecule has 0 radical (unpaired) electrons. The number of nitrogens with one attached hydrogen (secondary N) is 1. The van der Waals surface area contributed by atoms with Crippen LogP contribution in [0.1, 0.15) is 12.8 Å². The maximum atomic E-state index is 6.52. The standard InChI is InChI=1S/C24H24ClN5O2.2ClH/c25-20-12-17(29-24-23-21(27-15-28-24)8-10-30(23)11-9-26)6-7-22(20)32-19-3-1-2-18(13-19)31-14-16-4-5-16;;/h1-3,6-8,10,12-13,15-16H,4-5,9,11,14,26H2,(H,27,28,29);2*1H. The van der Waals surface area contributed by atoms with Crippen LogP contribution in [0.25, 0.3) is 11.0 Å². The molecule has 0 unspecified atom stereocenters. The van der Waals surface area contributed by atoms with Gasteiger partial charge in [-0.15, -0.1) is 24.8 Å². The lowest BCUT2D eigenvalue weighted by Gasteiger charge is -2.13. The Bertz CT molecular complexity index is 1250. The topological polar surface area (TPSA) is 87.2 Å². The van der Waals surface area contributed by atoms with Crippen LogP contribution in [0.3, 0.4) is 0 Å². The van der Waals surface area contributed by atoms with Gasteiger partial charge in [0, 0.05) is 31.0 Å². The molecule has 2 aromatic carbocycles. The van der Waals surface area contributed by atoms with Gasteiger partial charge in [0.2, 0.25) is 0 Å². The van der Waals surface area contributed by atoms with Gasteiger partial charge in [-0.2, -0.15) is 0 Å². The van der Waals surface area contributed by atoms with Crippen LogP contribution in [0.4, 0.5) is 11.5 Å². The Labute approximate surface area is 215 Å². The van der Waals surface area contributed by atoms with Crippen molar-refractivity contribution in [2.45, 2.75) is 19.4 Å². The second-order valence-electron chi connectivity index (χ2n) is 7.86. The van der Waals surface area contributed by atoms with E-state index in [1.54, 1.807) is 0 Å². The minimum absolute atomic E-state index is 0. The SMILES string of the molecule is Cl.Cl.NCCn1ccc2ncnc(Nc3ccc(Oc4cccc(OCC5CC5)c4)c(Cl)c3)c21. The van der Waals surface area contributed by atoms with E-state index in [1.807, 2.05) is 59.3 Å². The maximum Gasteiger partial charge on any atom is 0.158 e. The Hall–Kier alpha value is -2.71. The first kappa shape index (κ1) is 25.9. The third-order valence-electron chi connectivity index (χ3n) is 5.33. The van der Waals surface area contributed by atoms with Gasteiger partial charge in [0.1, 0.15) is 29.1 Å². The van der Waals surface area contributed by atoms with Crippen LogP contribution < -0.4 is 20.5 Å². The summed E-state index contributed by atoms with van der Waals surface area (Å²) in [6.45, 7) is 1.97. The van der Waals surface area contributed by atoms with E-state index in [0.717, 1.165) is 29.1 Å². The minimum Gasteiger partial charge on any atom is -0.493 e. The normalized spacial score (nSPS) is 12.5. The summed E-state index contributed by atoms with van der Waals surface area (Å²) in [7, 11) is 0. The van der Waals surface area contributed by atoms with Crippen LogP contribution in [0.5, 0.6) is 17.2 Å². The molecule has 180 valence electrons. The monoisotopic (exact) mass is 521 g/mol. The van der Waals surface area contributed by atoms with Gasteiger partial charge in [0.25, 0.3) is 0 Å². The second kappa shape index (κ2) is 11.6. The van der Waals surface area contributed by atoms with Gasteiger partial charge in [0.05, 0.1) is 17.1 Å². The molecule has 4 aromatic rings. The fourth-order valence-electron chi connectivity index (χ4n) is 3.50. The van der Waals surface area contributed by atoms with Gasteiger partial charge in [0.15, 0.2) is 5.82 Å². The molecule has 0 amide bonds. The highest BCUT2D eigenvalue weighted by Gasteiger charge is 2.22. The second-order valence-corrected chi connectivity index (χ2v) is 8.26. The summed E-state index contributed by atoms with van der Waals surface area (Å²) >= 11 is 6.52. The van der Waals surface area contributed by atoms with Gasteiger partial charge in [-0.1, -0.05) is 17.7 Å². The molecule has 1 aliphatic carbocycles. The molecule has 1 saturated carbocycles. The van der Waals surface area contributed by atoms with Crippen LogP contribution in [0.15, 0.2) is 61.1 Å². The summed E-state index contributed by atoms with van der Waals surface area (Å²) in [4.78, 5) is 8.74. The smallest absolute Gasteiger partial charge is 0.158 e. The molecule has 0 atom stereocenters. The summed E-state index contributed by atoms with van der Waals surface area (Å²) in [5, 5.41) is 3.82. The molecular formula is C24H26Cl3N5O2. The predicted octanol–water partition coefficient (Wildman–Crippen LogP) is 6.21. The Kier molecular flexibility index (Phi) is 8.85. The van der Waals surface area contributed by atoms with Crippen molar-refractivity contribution in [2.24, 2.45) is 11.7 Å². The number of rotatable bonds is 9. The fourth-order valence-corrected chi connectivity index (χ4v) is 3.72. The summed E-state index contributed by atoms with van der Waals surface area (Å²) < 4.78 is 13.9. The van der Waals surface area contributed by atoms with Crippen LogP contribution in [0, 0.1) is 5.92 Å². The van der Waals surface area contributed by atoms with E-state index in [4.69, 9.17) is 26.8 Å². The van der Waals surface area contributed by atoms with Gasteiger partial charge >= 0.3 is 0 Å². The Morgan fingerprint density at radius 3 is 2.65 bits per heavy atom. The quantitative estimate of drug-likeness (QED) is 0.272. The average Bonchev–Trinajstić information content (AvgIpc) is 3.54. The summed E-state index contributed by atoms with van der Waals surface area (Å²) in [6.07, 6.45) is 6.01. The van der Waals surface area contributed by atoms with Crippen LogP contribution in [-0.2, 0) is 6.54 Å². The number of nitrogens with zero attached hydrogens (tertiary/aromatic N) is 3. The van der Waals surface area contributed by atoms with Crippen molar-refractivity contribution in [3.63, 3.8) is 0 Å². The van der Waals surface area contributed by atoms with Crippen LogP contribution >= 0.6 is 36.4 Å². The number of hydrogen-bond acceptors (Lipinski definition) is 6. The zero-order chi connectivity index (χ0) is 21.9. The van der Waals surface area contributed by atoms with Crippen molar-refractivity contribution >= 4 is 59.0 Å². The van der Waals surface area contributed by atoms with Crippen LogP contribution in [0.2, 0.25) is 5.02 Å². The van der Waals surface area contributed by atoms with Crippen molar-refractivity contribution in [2.75, 3.05) is 18.5 Å². The van der Waals surface area contributed by atoms with E-state index in [-0.39, 0.29) is 24.8 Å². The first-order chi connectivity index (χ1) is 15.7. The number of benzene rings is 2. The lowest BCUT2D eigenvalue weighted by Crippen LogP contribution is -2.10. The number of halogens is 3. The molecule has 0 bridgehead atoms. The molecular weight excluding hydrogens is 497 g/mol. The van der Waals surface area contributed by atoms with Crippen LogP contribution in [-0.4, -0.2) is 27.7 Å². The number of aromatic nitrogens is 3. The molecule has 10 heteroatoms. The number of nitrogens with two attached hydrogens (primary N) is 1. The average molecular weight is 523 g/mol. The maximum absolute atomic E-state index is 6.52.